The number of nitrogens with one attached hydrogen (secondary N) is 1. The zero-order valence-corrected chi connectivity index (χ0v) is 21.6. The first-order valence-corrected chi connectivity index (χ1v) is 11.8. The number of hydrogen-bond donors (Lipinski definition) is 1. The third-order valence-electron chi connectivity index (χ3n) is 5.67. The maximum absolute atomic E-state index is 12.9. The van der Waals surface area contributed by atoms with E-state index < -0.39 is 6.09 Å². The summed E-state index contributed by atoms with van der Waals surface area (Å²) in [4.78, 5) is 35.7. The fourth-order valence-electron chi connectivity index (χ4n) is 3.60. The first-order valence-electron chi connectivity index (χ1n) is 11.0. The summed E-state index contributed by atoms with van der Waals surface area (Å²) < 4.78 is 10.6. The molecule has 10 heteroatoms. The topological polar surface area (TPSA) is 93.6 Å². The molecule has 0 atom stereocenters. The summed E-state index contributed by atoms with van der Waals surface area (Å²) in [6, 6.07) is 4.73. The van der Waals surface area contributed by atoms with Crippen LogP contribution >= 0.6 is 23.2 Å². The van der Waals surface area contributed by atoms with Gasteiger partial charge in [-0.3, -0.25) is 4.79 Å². The van der Waals surface area contributed by atoms with Crippen molar-refractivity contribution in [3.63, 3.8) is 0 Å². The molecule has 1 saturated heterocycles. The normalized spacial score (nSPS) is 15.6. The van der Waals surface area contributed by atoms with E-state index in [4.69, 9.17) is 32.7 Å². The van der Waals surface area contributed by atoms with E-state index in [1.54, 1.807) is 24.4 Å². The maximum atomic E-state index is 12.9. The van der Waals surface area contributed by atoms with Crippen LogP contribution in [0.1, 0.15) is 56.6 Å². The monoisotopic (exact) mass is 508 g/mol. The molecule has 184 valence electrons. The number of ether oxygens (including phenoxy) is 2. The van der Waals surface area contributed by atoms with Crippen LogP contribution in [0.4, 0.5) is 10.6 Å². The number of halogens is 2. The van der Waals surface area contributed by atoms with Gasteiger partial charge in [-0.1, -0.05) is 30.1 Å². The molecule has 0 unspecified atom stereocenters. The number of piperidine rings is 1. The highest BCUT2D eigenvalue weighted by atomic mass is 35.5. The average Bonchev–Trinajstić information content (AvgIpc) is 2.77. The SMILES string of the molecule is COc1cc(C(=O)c2ncc(N3CCC(C)(COC(=O)NC(C)(C)C)CC3)nc2Cl)ccc1Cl. The first kappa shape index (κ1) is 26.0. The number of carbonyl (C=O) groups excluding carboxylic acids is 2. The van der Waals surface area contributed by atoms with Gasteiger partial charge in [0.05, 0.1) is 24.9 Å². The number of ketones is 1. The highest BCUT2D eigenvalue weighted by molar-refractivity contribution is 6.34. The van der Waals surface area contributed by atoms with E-state index in [1.807, 2.05) is 20.8 Å². The van der Waals surface area contributed by atoms with Crippen molar-refractivity contribution in [2.24, 2.45) is 5.41 Å². The van der Waals surface area contributed by atoms with E-state index in [-0.39, 0.29) is 27.6 Å². The standard InChI is InChI=1S/C24H30Cl2N4O4/c1-23(2,3)29-22(32)34-14-24(4)8-10-30(11-9-24)18-13-27-19(21(26)28-18)20(31)15-6-7-16(25)17(12-15)33-5/h6-7,12-13H,8-11,14H2,1-5H3,(H,29,32). The number of anilines is 1. The molecule has 2 aromatic rings. The third-order valence-corrected chi connectivity index (χ3v) is 6.24. The zero-order valence-electron chi connectivity index (χ0n) is 20.1. The number of aromatic nitrogens is 2. The van der Waals surface area contributed by atoms with Gasteiger partial charge in [0.15, 0.2) is 5.15 Å². The highest BCUT2D eigenvalue weighted by Gasteiger charge is 2.33. The van der Waals surface area contributed by atoms with Gasteiger partial charge in [-0.15, -0.1) is 0 Å². The molecule has 1 aromatic heterocycles. The van der Waals surface area contributed by atoms with E-state index in [0.717, 1.165) is 12.8 Å². The van der Waals surface area contributed by atoms with Gasteiger partial charge in [0.2, 0.25) is 5.78 Å². The lowest BCUT2D eigenvalue weighted by atomic mass is 9.81. The molecule has 1 fully saturated rings. The number of nitrogens with zero attached hydrogens (tertiary/aromatic N) is 3. The smallest absolute Gasteiger partial charge is 0.407 e. The van der Waals surface area contributed by atoms with Crippen LogP contribution in [0.2, 0.25) is 10.2 Å². The quantitative estimate of drug-likeness (QED) is 0.538. The van der Waals surface area contributed by atoms with Crippen molar-refractivity contribution in [2.45, 2.75) is 46.1 Å². The second kappa shape index (κ2) is 10.4. The van der Waals surface area contributed by atoms with Crippen LogP contribution in [0, 0.1) is 5.41 Å². The number of carbonyl (C=O) groups is 2. The molecule has 34 heavy (non-hydrogen) atoms. The molecule has 1 N–H and O–H groups in total. The third kappa shape index (κ3) is 6.51. The van der Waals surface area contributed by atoms with E-state index in [2.05, 4.69) is 27.1 Å². The van der Waals surface area contributed by atoms with Gasteiger partial charge in [-0.2, -0.15) is 0 Å². The predicted molar refractivity (Wildman–Crippen MR) is 132 cm³/mol. The highest BCUT2D eigenvalue weighted by Crippen LogP contribution is 2.33. The summed E-state index contributed by atoms with van der Waals surface area (Å²) in [6.07, 6.45) is 2.76. The van der Waals surface area contributed by atoms with Crippen LogP contribution in [0.3, 0.4) is 0 Å². The molecule has 0 spiro atoms. The van der Waals surface area contributed by atoms with Gasteiger partial charge < -0.3 is 19.7 Å². The lowest BCUT2D eigenvalue weighted by Crippen LogP contribution is -2.45. The fraction of sp³-hybridized carbons (Fsp3) is 0.500. The Hall–Kier alpha value is -2.58. The fourth-order valence-corrected chi connectivity index (χ4v) is 4.02. The van der Waals surface area contributed by atoms with E-state index in [0.29, 0.717) is 41.8 Å². The molecule has 0 bridgehead atoms. The van der Waals surface area contributed by atoms with Crippen molar-refractivity contribution in [2.75, 3.05) is 31.7 Å². The molecule has 0 aliphatic carbocycles. The van der Waals surface area contributed by atoms with Crippen molar-refractivity contribution in [1.82, 2.24) is 15.3 Å². The summed E-state index contributed by atoms with van der Waals surface area (Å²) in [6.45, 7) is 9.58. The van der Waals surface area contributed by atoms with Crippen molar-refractivity contribution in [3.8, 4) is 5.75 Å². The van der Waals surface area contributed by atoms with Gasteiger partial charge in [0, 0.05) is 29.6 Å². The van der Waals surface area contributed by atoms with Crippen molar-refractivity contribution >= 4 is 40.9 Å². The minimum atomic E-state index is -0.410. The molecule has 2 heterocycles. The summed E-state index contributed by atoms with van der Waals surface area (Å²) in [7, 11) is 1.48. The first-order chi connectivity index (χ1) is 15.9. The molecular weight excluding hydrogens is 479 g/mol. The molecule has 1 amide bonds. The Kier molecular flexibility index (Phi) is 7.93. The number of benzene rings is 1. The largest absolute Gasteiger partial charge is 0.495 e. The average molecular weight is 509 g/mol. The van der Waals surface area contributed by atoms with Crippen molar-refractivity contribution in [3.05, 3.63) is 45.8 Å². The van der Waals surface area contributed by atoms with Gasteiger partial charge in [-0.05, 0) is 51.8 Å². The van der Waals surface area contributed by atoms with Gasteiger partial charge >= 0.3 is 6.09 Å². The van der Waals surface area contributed by atoms with Gasteiger partial charge in [0.1, 0.15) is 17.3 Å². The number of amides is 1. The second-order valence-electron chi connectivity index (χ2n) is 9.79. The Labute approximate surface area is 209 Å². The Morgan fingerprint density at radius 1 is 1.21 bits per heavy atom. The van der Waals surface area contributed by atoms with Crippen LogP contribution in [-0.4, -0.2) is 54.2 Å². The Bertz CT molecular complexity index is 1060. The zero-order chi connectivity index (χ0) is 25.1. The molecule has 1 aliphatic heterocycles. The van der Waals surface area contributed by atoms with Crippen LogP contribution in [0.15, 0.2) is 24.4 Å². The Morgan fingerprint density at radius 2 is 1.88 bits per heavy atom. The predicted octanol–water partition coefficient (Wildman–Crippen LogP) is 5.15. The molecule has 0 saturated carbocycles. The number of methoxy groups -OCH3 is 1. The lowest BCUT2D eigenvalue weighted by molar-refractivity contribution is 0.0715. The van der Waals surface area contributed by atoms with Crippen LogP contribution < -0.4 is 15.0 Å². The summed E-state index contributed by atoms with van der Waals surface area (Å²) in [5, 5.41) is 3.25. The molecule has 0 radical (unpaired) electrons. The van der Waals surface area contributed by atoms with Crippen molar-refractivity contribution < 1.29 is 19.1 Å². The van der Waals surface area contributed by atoms with E-state index in [1.165, 1.54) is 7.11 Å². The second-order valence-corrected chi connectivity index (χ2v) is 10.6. The van der Waals surface area contributed by atoms with Crippen molar-refractivity contribution in [1.29, 1.82) is 0 Å². The van der Waals surface area contributed by atoms with Gasteiger partial charge in [0.25, 0.3) is 0 Å². The maximum Gasteiger partial charge on any atom is 0.407 e. The molecular formula is C24H30Cl2N4O4. The molecule has 3 rings (SSSR count). The number of hydrogen-bond acceptors (Lipinski definition) is 7. The Balaban J connectivity index is 1.62. The molecule has 1 aliphatic rings. The minimum absolute atomic E-state index is 0.0342. The number of rotatable bonds is 6. The van der Waals surface area contributed by atoms with E-state index in [9.17, 15) is 9.59 Å². The summed E-state index contributed by atoms with van der Waals surface area (Å²) in [5.74, 6) is 0.629. The van der Waals surface area contributed by atoms with E-state index >= 15 is 0 Å². The van der Waals surface area contributed by atoms with Crippen LogP contribution in [0.5, 0.6) is 5.75 Å². The number of alkyl carbamates (subject to hydrolysis) is 1. The van der Waals surface area contributed by atoms with Crippen LogP contribution in [0.25, 0.3) is 0 Å². The summed E-state index contributed by atoms with van der Waals surface area (Å²) >= 11 is 12.4. The minimum Gasteiger partial charge on any atom is -0.495 e. The van der Waals surface area contributed by atoms with Crippen LogP contribution in [-0.2, 0) is 4.74 Å². The molecule has 1 aromatic carbocycles. The Morgan fingerprint density at radius 3 is 2.47 bits per heavy atom. The van der Waals surface area contributed by atoms with Gasteiger partial charge in [-0.25, -0.2) is 14.8 Å². The lowest BCUT2D eigenvalue weighted by Gasteiger charge is -2.39. The molecule has 8 nitrogen and oxygen atoms in total. The summed E-state index contributed by atoms with van der Waals surface area (Å²) in [5.41, 5.74) is -0.0526.